The second-order valence-electron chi connectivity index (χ2n) is 14.7. The van der Waals surface area contributed by atoms with E-state index < -0.39 is 103 Å². The summed E-state index contributed by atoms with van der Waals surface area (Å²) >= 11 is 0. The van der Waals surface area contributed by atoms with Crippen LogP contribution in [0.5, 0.6) is 11.5 Å². The fraction of sp³-hybridized carbons (Fsp3) is 0.378. The second kappa shape index (κ2) is 28.2. The summed E-state index contributed by atoms with van der Waals surface area (Å²) in [5.74, 6) is -8.49. The summed E-state index contributed by atoms with van der Waals surface area (Å²) < 4.78 is 40.3. The van der Waals surface area contributed by atoms with Gasteiger partial charge in [-0.3, -0.25) is 49.7 Å². The fourth-order valence-electron chi connectivity index (χ4n) is 5.91. The molecular weight excluding hydrogens is 920 g/mol. The Bertz CT molecular complexity index is 2420. The zero-order valence-corrected chi connectivity index (χ0v) is 37.3. The Labute approximate surface area is 392 Å². The summed E-state index contributed by atoms with van der Waals surface area (Å²) in [6, 6.07) is 19.4. The van der Waals surface area contributed by atoms with Gasteiger partial charge in [-0.1, -0.05) is 48.5 Å². The summed E-state index contributed by atoms with van der Waals surface area (Å²) in [4.78, 5) is 107. The predicted molar refractivity (Wildman–Crippen MR) is 228 cm³/mol. The summed E-state index contributed by atoms with van der Waals surface area (Å²) in [6.07, 6.45) is 0.540. The Morgan fingerprint density at radius 3 is 1.28 bits per heavy atom. The first-order valence-electron chi connectivity index (χ1n) is 21.0. The predicted octanol–water partition coefficient (Wildman–Crippen LogP) is 3.94. The van der Waals surface area contributed by atoms with Crippen LogP contribution in [0, 0.1) is 0 Å². The summed E-state index contributed by atoms with van der Waals surface area (Å²) in [7, 11) is 0. The number of ether oxygens (including phenoxy) is 8. The number of fused-ring (bicyclic) bond motifs is 2. The topological polar surface area (TPSA) is 316 Å². The SMILES string of the molecule is CC(C(=O)OCC(=O)OCCCCON(O)O)c1ccc2cc(OC(=O)COC(=O)CC(=O)OCC(=O)Oc3ccc4ccc(C(C)C(=O)OCC(=O)OCCCCON(O)O)cc4c3)ccc2c1. The molecule has 4 aromatic carbocycles. The van der Waals surface area contributed by atoms with Crippen molar-refractivity contribution in [3.8, 4) is 11.5 Å². The fourth-order valence-corrected chi connectivity index (χ4v) is 5.91. The lowest BCUT2D eigenvalue weighted by Gasteiger charge is -2.13. The van der Waals surface area contributed by atoms with Crippen LogP contribution in [0.15, 0.2) is 72.8 Å². The van der Waals surface area contributed by atoms with Crippen molar-refractivity contribution in [3.63, 3.8) is 0 Å². The number of nitrogens with zero attached hydrogens (tertiary/aromatic N) is 2. The Kier molecular flexibility index (Phi) is 22.3. The maximum atomic E-state index is 12.7. The van der Waals surface area contributed by atoms with E-state index in [2.05, 4.69) is 9.68 Å². The van der Waals surface area contributed by atoms with E-state index in [1.165, 1.54) is 24.3 Å². The van der Waals surface area contributed by atoms with Gasteiger partial charge in [-0.05, 0) is 96.5 Å². The van der Waals surface area contributed by atoms with Gasteiger partial charge >= 0.3 is 47.8 Å². The molecule has 0 fully saturated rings. The number of unbranched alkanes of at least 4 members (excludes halogenated alkanes) is 2. The number of rotatable bonds is 28. The van der Waals surface area contributed by atoms with Crippen LogP contribution >= 0.6 is 0 Å². The first-order valence-corrected chi connectivity index (χ1v) is 21.0. The molecule has 24 nitrogen and oxygen atoms in total. The van der Waals surface area contributed by atoms with E-state index in [1.807, 2.05) is 0 Å². The average Bonchev–Trinajstić information content (AvgIpc) is 3.32. The van der Waals surface area contributed by atoms with Crippen LogP contribution in [0.3, 0.4) is 0 Å². The molecular formula is C45H50N2O22. The van der Waals surface area contributed by atoms with E-state index in [0.29, 0.717) is 53.0 Å². The van der Waals surface area contributed by atoms with Crippen molar-refractivity contribution >= 4 is 69.3 Å². The average molecular weight is 971 g/mol. The van der Waals surface area contributed by atoms with Gasteiger partial charge < -0.3 is 37.9 Å². The Balaban J connectivity index is 1.13. The number of carbonyl (C=O) groups is 8. The van der Waals surface area contributed by atoms with Crippen molar-refractivity contribution in [1.29, 1.82) is 0 Å². The standard InChI is InChI=1S/C45H50N2O22/c1-28(44(54)64-24-40(50)60-15-3-5-17-66-46(56)57)31-9-10-34-21-36(14-12-33(34)19-31)68-42(52)26-62-38(48)23-39(49)63-27-43(53)69-37-13-11-30-7-8-32(20-35(30)22-37)29(2)45(55)65-25-41(51)61-16-4-6-18-67-47(58)59/h7-14,19-22,28-29,56-59H,3-6,15-18,23-27H2,1-2H3. The monoisotopic (exact) mass is 970 g/mol. The normalized spacial score (nSPS) is 11.9. The number of hydrogen-bond donors (Lipinski definition) is 4. The van der Waals surface area contributed by atoms with Crippen molar-refractivity contribution in [2.24, 2.45) is 0 Å². The molecule has 0 radical (unpaired) electrons. The molecule has 4 N–H and O–H groups in total. The molecule has 4 aromatic rings. The van der Waals surface area contributed by atoms with Crippen LogP contribution in [-0.4, -0.2) is 132 Å². The highest BCUT2D eigenvalue weighted by molar-refractivity contribution is 5.93. The van der Waals surface area contributed by atoms with Gasteiger partial charge in [0.1, 0.15) is 17.9 Å². The number of esters is 8. The maximum absolute atomic E-state index is 12.7. The van der Waals surface area contributed by atoms with E-state index in [4.69, 9.17) is 58.7 Å². The molecule has 2 atom stereocenters. The molecule has 69 heavy (non-hydrogen) atoms. The van der Waals surface area contributed by atoms with Crippen LogP contribution < -0.4 is 9.47 Å². The molecule has 0 aliphatic rings. The summed E-state index contributed by atoms with van der Waals surface area (Å²) in [5, 5.41) is 35.6. The van der Waals surface area contributed by atoms with Crippen LogP contribution in [0.25, 0.3) is 21.5 Å². The van der Waals surface area contributed by atoms with Gasteiger partial charge in [0, 0.05) is 0 Å². The highest BCUT2D eigenvalue weighted by Crippen LogP contribution is 2.28. The van der Waals surface area contributed by atoms with Crippen molar-refractivity contribution in [2.45, 2.75) is 57.8 Å². The quantitative estimate of drug-likeness (QED) is 0.0156. The molecule has 0 aromatic heterocycles. The largest absolute Gasteiger partial charge is 0.463 e. The van der Waals surface area contributed by atoms with Crippen LogP contribution in [0.4, 0.5) is 0 Å². The lowest BCUT2D eigenvalue weighted by molar-refractivity contribution is -0.492. The van der Waals surface area contributed by atoms with Gasteiger partial charge in [0.15, 0.2) is 26.4 Å². The number of hydrogen-bond acceptors (Lipinski definition) is 24. The van der Waals surface area contributed by atoms with Crippen LogP contribution in [0.2, 0.25) is 0 Å². The van der Waals surface area contributed by atoms with Crippen LogP contribution in [0.1, 0.15) is 68.9 Å². The molecule has 0 saturated carbocycles. The summed E-state index contributed by atoms with van der Waals surface area (Å²) in [5.41, 5.74) is 1.10. The molecule has 0 aliphatic heterocycles. The van der Waals surface area contributed by atoms with Gasteiger partial charge in [0.05, 0.1) is 49.0 Å². The minimum Gasteiger partial charge on any atom is -0.463 e. The molecule has 24 heteroatoms. The minimum absolute atomic E-state index is 0.00193. The van der Waals surface area contributed by atoms with Crippen molar-refractivity contribution < 1.29 is 107 Å². The van der Waals surface area contributed by atoms with Gasteiger partial charge in [-0.25, -0.2) is 19.2 Å². The molecule has 0 aliphatic carbocycles. The van der Waals surface area contributed by atoms with E-state index in [0.717, 1.165) is 5.39 Å². The molecule has 0 amide bonds. The Morgan fingerprint density at radius 2 is 0.797 bits per heavy atom. The lowest BCUT2D eigenvalue weighted by atomic mass is 9.98. The zero-order valence-electron chi connectivity index (χ0n) is 37.3. The lowest BCUT2D eigenvalue weighted by Crippen LogP contribution is -2.23. The first-order chi connectivity index (χ1) is 33.0. The van der Waals surface area contributed by atoms with Gasteiger partial charge in [-0.2, -0.15) is 0 Å². The van der Waals surface area contributed by atoms with Crippen molar-refractivity contribution in [3.05, 3.63) is 83.9 Å². The van der Waals surface area contributed by atoms with Gasteiger partial charge in [-0.15, -0.1) is 0 Å². The molecule has 2 unspecified atom stereocenters. The van der Waals surface area contributed by atoms with Gasteiger partial charge in [0.2, 0.25) is 0 Å². The Morgan fingerprint density at radius 1 is 0.420 bits per heavy atom. The molecule has 372 valence electrons. The third-order valence-electron chi connectivity index (χ3n) is 9.51. The maximum Gasteiger partial charge on any atom is 0.349 e. The molecule has 4 rings (SSSR count). The third kappa shape index (κ3) is 19.9. The van der Waals surface area contributed by atoms with E-state index in [9.17, 15) is 38.4 Å². The van der Waals surface area contributed by atoms with E-state index in [-0.39, 0.29) is 37.9 Å². The molecule has 0 bridgehead atoms. The third-order valence-corrected chi connectivity index (χ3v) is 9.51. The highest BCUT2D eigenvalue weighted by Gasteiger charge is 2.22. The smallest absolute Gasteiger partial charge is 0.349 e. The second-order valence-corrected chi connectivity index (χ2v) is 14.7. The summed E-state index contributed by atoms with van der Waals surface area (Å²) in [6.45, 7) is 0.216. The van der Waals surface area contributed by atoms with E-state index in [1.54, 1.807) is 62.4 Å². The first kappa shape index (κ1) is 54.4. The molecule has 0 saturated heterocycles. The zero-order chi connectivity index (χ0) is 50.3. The highest BCUT2D eigenvalue weighted by atomic mass is 17.1. The van der Waals surface area contributed by atoms with Crippen molar-refractivity contribution in [1.82, 2.24) is 10.8 Å². The Hall–Kier alpha value is -7.16. The molecule has 0 spiro atoms. The molecule has 0 heterocycles. The van der Waals surface area contributed by atoms with Crippen molar-refractivity contribution in [2.75, 3.05) is 52.9 Å². The minimum atomic E-state index is -1.14. The number of carbonyl (C=O) groups excluding carboxylic acids is 8. The van der Waals surface area contributed by atoms with Gasteiger partial charge in [0.25, 0.3) is 0 Å². The van der Waals surface area contributed by atoms with E-state index >= 15 is 0 Å². The number of benzene rings is 4. The van der Waals surface area contributed by atoms with Crippen LogP contribution in [-0.2, 0) is 76.5 Å².